The summed E-state index contributed by atoms with van der Waals surface area (Å²) in [6.07, 6.45) is 5.61. The van der Waals surface area contributed by atoms with Crippen LogP contribution in [0, 0.1) is 6.92 Å². The number of nitrogens with two attached hydrogens (primary N) is 2. The van der Waals surface area contributed by atoms with Gasteiger partial charge in [0, 0.05) is 11.7 Å². The minimum Gasteiger partial charge on any atom is -0.369 e. The monoisotopic (exact) mass is 588 g/mol. The van der Waals surface area contributed by atoms with E-state index in [1.54, 1.807) is 11.1 Å². The number of anilines is 1. The summed E-state index contributed by atoms with van der Waals surface area (Å²) >= 11 is 0. The number of Topliss-reactive ketones (excluding diaryl/α,β-unsaturated/α-hetero) is 1. The Morgan fingerprint density at radius 1 is 1.00 bits per heavy atom. The number of nitrogen functional groups attached to an aromatic ring is 1. The van der Waals surface area contributed by atoms with Crippen molar-refractivity contribution in [2.45, 2.75) is 77.9 Å². The van der Waals surface area contributed by atoms with Gasteiger partial charge in [-0.3, -0.25) is 14.4 Å². The molecule has 2 aromatic heterocycles. The summed E-state index contributed by atoms with van der Waals surface area (Å²) in [5, 5.41) is 2.65. The Labute approximate surface area is 252 Å². The highest BCUT2D eigenvalue weighted by Crippen LogP contribution is 2.32. The van der Waals surface area contributed by atoms with E-state index in [9.17, 15) is 14.4 Å². The lowest BCUT2D eigenvalue weighted by molar-refractivity contribution is -0.143. The first-order chi connectivity index (χ1) is 20.8. The zero-order valence-electron chi connectivity index (χ0n) is 25.5. The third-order valence-electron chi connectivity index (χ3n) is 7.23. The average Bonchev–Trinajstić information content (AvgIpc) is 3.78. The van der Waals surface area contributed by atoms with Crippen LogP contribution in [0.1, 0.15) is 68.3 Å². The van der Waals surface area contributed by atoms with Crippen molar-refractivity contribution in [1.82, 2.24) is 30.2 Å². The van der Waals surface area contributed by atoms with Crippen LogP contribution in [0.5, 0.6) is 0 Å². The maximum Gasteiger partial charge on any atom is 0.243 e. The number of H-pyrrole nitrogens is 2. The molecule has 0 bridgehead atoms. The van der Waals surface area contributed by atoms with Crippen LogP contribution in [-0.2, 0) is 16.0 Å². The second-order valence-corrected chi connectivity index (χ2v) is 10.2. The maximum absolute atomic E-state index is 12.5. The highest BCUT2D eigenvalue weighted by atomic mass is 16.2. The number of aromatic amines is 2. The smallest absolute Gasteiger partial charge is 0.243 e. The molecule has 43 heavy (non-hydrogen) atoms. The lowest BCUT2D eigenvalue weighted by Gasteiger charge is -2.36. The summed E-state index contributed by atoms with van der Waals surface area (Å²) in [4.78, 5) is 52.7. The lowest BCUT2D eigenvalue weighted by Crippen LogP contribution is -2.57. The molecule has 0 radical (unpaired) electrons. The van der Waals surface area contributed by atoms with E-state index in [1.165, 1.54) is 5.56 Å². The van der Waals surface area contributed by atoms with Crippen molar-refractivity contribution in [2.24, 2.45) is 5.73 Å². The zero-order chi connectivity index (χ0) is 31.4. The van der Waals surface area contributed by atoms with Crippen LogP contribution < -0.4 is 16.8 Å². The number of aromatic nitrogens is 4. The molecule has 4 aromatic rings. The summed E-state index contributed by atoms with van der Waals surface area (Å²) in [5.74, 6) is -0.0542. The Morgan fingerprint density at radius 2 is 1.67 bits per heavy atom. The van der Waals surface area contributed by atoms with Crippen LogP contribution >= 0.6 is 0 Å². The number of carbonyl (C=O) groups excluding carboxylic acids is 3. The molecule has 3 unspecified atom stereocenters. The molecule has 4 heterocycles. The number of piperidine rings is 1. The molecule has 2 fully saturated rings. The normalized spacial score (nSPS) is 18.7. The van der Waals surface area contributed by atoms with Gasteiger partial charge in [-0.15, -0.1) is 0 Å². The first-order valence-electron chi connectivity index (χ1n) is 14.9. The minimum absolute atomic E-state index is 0.0872. The van der Waals surface area contributed by atoms with Gasteiger partial charge in [0.05, 0.1) is 29.8 Å². The van der Waals surface area contributed by atoms with Gasteiger partial charge in [-0.25, -0.2) is 9.97 Å². The van der Waals surface area contributed by atoms with Gasteiger partial charge in [0.15, 0.2) is 11.8 Å². The van der Waals surface area contributed by atoms with Gasteiger partial charge in [-0.05, 0) is 51.2 Å². The van der Waals surface area contributed by atoms with Gasteiger partial charge in [0.25, 0.3) is 0 Å². The molecular formula is C32H44N8O3. The van der Waals surface area contributed by atoms with E-state index in [1.807, 2.05) is 63.2 Å². The number of ketones is 1. The fourth-order valence-corrected chi connectivity index (χ4v) is 4.99. The Balaban J connectivity index is 0.000000242. The second-order valence-electron chi connectivity index (χ2n) is 10.2. The van der Waals surface area contributed by atoms with E-state index in [4.69, 9.17) is 11.5 Å². The number of nitrogens with zero attached hydrogens (tertiary/aromatic N) is 3. The summed E-state index contributed by atoms with van der Waals surface area (Å²) in [6.45, 7) is 7.97. The van der Waals surface area contributed by atoms with Gasteiger partial charge < -0.3 is 31.7 Å². The third kappa shape index (κ3) is 8.99. The molecule has 2 aliphatic rings. The number of benzene rings is 2. The minimum atomic E-state index is -0.540. The predicted octanol–water partition coefficient (Wildman–Crippen LogP) is 3.92. The fourth-order valence-electron chi connectivity index (χ4n) is 4.99. The molecule has 2 amide bonds. The molecule has 2 saturated heterocycles. The molecule has 2 aromatic carbocycles. The first-order valence-corrected chi connectivity index (χ1v) is 14.9. The Morgan fingerprint density at radius 3 is 2.26 bits per heavy atom. The number of amides is 2. The fraction of sp³-hybridized carbons (Fsp3) is 0.406. The molecule has 7 N–H and O–H groups in total. The molecular weight excluding hydrogens is 544 g/mol. The van der Waals surface area contributed by atoms with E-state index >= 15 is 0 Å². The van der Waals surface area contributed by atoms with Crippen molar-refractivity contribution >= 4 is 34.6 Å². The number of fused-ring (bicyclic) bond motifs is 2. The molecule has 230 valence electrons. The zero-order valence-corrected chi connectivity index (χ0v) is 25.5. The van der Waals surface area contributed by atoms with Crippen molar-refractivity contribution in [3.63, 3.8) is 0 Å². The number of para-hydroxylation sites is 2. The number of hydrogen-bond acceptors (Lipinski definition) is 7. The largest absolute Gasteiger partial charge is 0.369 e. The number of aryl methyl sites for hydroxylation is 2. The molecule has 2 aliphatic heterocycles. The molecule has 11 nitrogen and oxygen atoms in total. The van der Waals surface area contributed by atoms with Crippen LogP contribution in [0.3, 0.4) is 0 Å². The van der Waals surface area contributed by atoms with Crippen LogP contribution in [0.4, 0.5) is 5.95 Å². The Hall–Kier alpha value is -4.51. The number of hydrogen-bond donors (Lipinski definition) is 5. The van der Waals surface area contributed by atoms with Crippen molar-refractivity contribution in [1.29, 1.82) is 0 Å². The summed E-state index contributed by atoms with van der Waals surface area (Å²) < 4.78 is 0. The van der Waals surface area contributed by atoms with Gasteiger partial charge in [-0.2, -0.15) is 0 Å². The highest BCUT2D eigenvalue weighted by Gasteiger charge is 2.44. The Bertz CT molecular complexity index is 1430. The number of rotatable bonds is 5. The summed E-state index contributed by atoms with van der Waals surface area (Å²) in [6, 6.07) is 16.6. The molecule has 11 heteroatoms. The van der Waals surface area contributed by atoms with E-state index < -0.39 is 12.1 Å². The van der Waals surface area contributed by atoms with Crippen LogP contribution in [-0.4, -0.2) is 67.1 Å². The molecule has 0 aliphatic carbocycles. The van der Waals surface area contributed by atoms with Gasteiger partial charge in [0.2, 0.25) is 17.6 Å². The number of carbonyl (C=O) groups is 3. The van der Waals surface area contributed by atoms with Crippen molar-refractivity contribution in [2.75, 3.05) is 12.3 Å². The van der Waals surface area contributed by atoms with E-state index in [0.717, 1.165) is 30.5 Å². The third-order valence-corrected chi connectivity index (χ3v) is 7.23. The van der Waals surface area contributed by atoms with Crippen molar-refractivity contribution in [3.05, 3.63) is 77.9 Å². The van der Waals surface area contributed by atoms with Crippen molar-refractivity contribution < 1.29 is 14.4 Å². The first kappa shape index (κ1) is 33.0. The van der Waals surface area contributed by atoms with Crippen LogP contribution in [0.15, 0.2) is 60.8 Å². The Kier molecular flexibility index (Phi) is 12.4. The molecule has 0 saturated carbocycles. The van der Waals surface area contributed by atoms with Crippen molar-refractivity contribution in [3.8, 4) is 0 Å². The van der Waals surface area contributed by atoms with Gasteiger partial charge in [-0.1, -0.05) is 68.8 Å². The van der Waals surface area contributed by atoms with E-state index in [2.05, 4.69) is 44.3 Å². The molecule has 3 atom stereocenters. The average molecular weight is 589 g/mol. The topological polar surface area (TPSA) is 176 Å². The molecule has 0 spiro atoms. The van der Waals surface area contributed by atoms with Crippen LogP contribution in [0.25, 0.3) is 11.0 Å². The SMILES string of the molecule is CC.CCc1cnc(N)[nH]1.Cc1ccccc1.NC1CCC2CCC(C(=O)NCC(=O)c3nc4ccccc4[nH]3)N2C1=O. The molecule has 6 rings (SSSR count). The highest BCUT2D eigenvalue weighted by molar-refractivity contribution is 6.00. The van der Waals surface area contributed by atoms with Gasteiger partial charge in [0.1, 0.15) is 6.04 Å². The number of imidazole rings is 2. The predicted molar refractivity (Wildman–Crippen MR) is 169 cm³/mol. The number of nitrogens with one attached hydrogen (secondary N) is 3. The van der Waals surface area contributed by atoms with E-state index in [0.29, 0.717) is 24.3 Å². The van der Waals surface area contributed by atoms with E-state index in [-0.39, 0.29) is 36.0 Å². The van der Waals surface area contributed by atoms with Crippen LogP contribution in [0.2, 0.25) is 0 Å². The standard InChI is InChI=1S/C18H21N5O3.C7H8.C5H9N3.C2H6/c19-11-7-5-10-6-8-14(23(10)18(11)26)17(25)20-9-15(24)16-21-12-3-1-2-4-13(12)22-16;1-7-5-3-2-4-6-7;1-2-4-3-7-5(6)8-4;1-2/h1-4,10-11,14H,5-9,19H2,(H,20,25)(H,21,22);2-6H,1H3;3H,2H2,1H3,(H3,6,7,8);1-2H3. The lowest BCUT2D eigenvalue weighted by atomic mass is 9.99. The maximum atomic E-state index is 12.5. The van der Waals surface area contributed by atoms with Gasteiger partial charge >= 0.3 is 0 Å². The quantitative estimate of drug-likeness (QED) is 0.219. The summed E-state index contributed by atoms with van der Waals surface area (Å²) in [5.41, 5.74) is 15.0. The second kappa shape index (κ2) is 16.2. The summed E-state index contributed by atoms with van der Waals surface area (Å²) in [7, 11) is 0.